The minimum absolute atomic E-state index is 0.297. The second kappa shape index (κ2) is 3.50. The Morgan fingerprint density at radius 2 is 2.38 bits per heavy atom. The molecule has 2 rings (SSSR count). The van der Waals surface area contributed by atoms with Gasteiger partial charge in [0.15, 0.2) is 0 Å². The highest BCUT2D eigenvalue weighted by atomic mass is 79.9. The van der Waals surface area contributed by atoms with Gasteiger partial charge in [0.2, 0.25) is 0 Å². The van der Waals surface area contributed by atoms with Gasteiger partial charge >= 0.3 is 0 Å². The smallest absolute Gasteiger partial charge is 0.142 e. The minimum atomic E-state index is 0.297. The molecule has 0 spiro atoms. The van der Waals surface area contributed by atoms with E-state index < -0.39 is 0 Å². The summed E-state index contributed by atoms with van der Waals surface area (Å²) >= 11 is 9.52. The molecule has 1 heterocycles. The fourth-order valence-corrected chi connectivity index (χ4v) is 2.25. The molecule has 0 saturated heterocycles. The lowest BCUT2D eigenvalue weighted by molar-refractivity contribution is 0.228. The van der Waals surface area contributed by atoms with E-state index in [0.717, 1.165) is 23.1 Å². The molecule has 1 atom stereocenters. The van der Waals surface area contributed by atoms with Crippen molar-refractivity contribution < 1.29 is 4.74 Å². The van der Waals surface area contributed by atoms with Gasteiger partial charge in [-0.2, -0.15) is 0 Å². The van der Waals surface area contributed by atoms with Gasteiger partial charge in [0.1, 0.15) is 11.9 Å². The number of hydrogen-bond acceptors (Lipinski definition) is 1. The summed E-state index contributed by atoms with van der Waals surface area (Å²) in [6.45, 7) is 2.12. The van der Waals surface area contributed by atoms with Crippen LogP contribution in [-0.2, 0) is 6.42 Å². The number of ether oxygens (including phenoxy) is 1. The van der Waals surface area contributed by atoms with Crippen LogP contribution in [0, 0.1) is 0 Å². The Morgan fingerprint density at radius 3 is 3.00 bits per heavy atom. The quantitative estimate of drug-likeness (QED) is 0.747. The van der Waals surface area contributed by atoms with E-state index >= 15 is 0 Å². The van der Waals surface area contributed by atoms with E-state index in [0.29, 0.717) is 11.1 Å². The van der Waals surface area contributed by atoms with Crippen LogP contribution in [0.4, 0.5) is 0 Å². The van der Waals surface area contributed by atoms with Crippen molar-refractivity contribution in [2.24, 2.45) is 0 Å². The number of hydrogen-bond donors (Lipinski definition) is 0. The molecule has 70 valence electrons. The number of fused-ring (bicyclic) bond motifs is 1. The van der Waals surface area contributed by atoms with Gasteiger partial charge < -0.3 is 4.74 Å². The topological polar surface area (TPSA) is 9.23 Å². The number of benzene rings is 1. The maximum atomic E-state index is 6.02. The molecular formula is C10H10BrClO. The first-order chi connectivity index (χ1) is 6.22. The molecule has 1 aromatic rings. The zero-order valence-corrected chi connectivity index (χ0v) is 9.65. The minimum Gasteiger partial charge on any atom is -0.488 e. The van der Waals surface area contributed by atoms with Gasteiger partial charge in [-0.3, -0.25) is 0 Å². The Balaban J connectivity index is 2.43. The zero-order chi connectivity index (χ0) is 9.42. The van der Waals surface area contributed by atoms with Crippen LogP contribution < -0.4 is 4.74 Å². The van der Waals surface area contributed by atoms with Crippen LogP contribution >= 0.6 is 27.5 Å². The Labute approximate surface area is 91.2 Å². The van der Waals surface area contributed by atoms with E-state index in [-0.39, 0.29) is 0 Å². The summed E-state index contributed by atoms with van der Waals surface area (Å²) in [6.07, 6.45) is 2.29. The SMILES string of the molecule is CCC1Cc2c(Br)ccc(Cl)c2O1. The average Bonchev–Trinajstić information content (AvgIpc) is 2.56. The maximum absolute atomic E-state index is 6.02. The van der Waals surface area contributed by atoms with Crippen molar-refractivity contribution in [3.05, 3.63) is 27.2 Å². The van der Waals surface area contributed by atoms with Gasteiger partial charge in [0, 0.05) is 16.5 Å². The first kappa shape index (κ1) is 9.35. The van der Waals surface area contributed by atoms with Crippen LogP contribution in [0.15, 0.2) is 16.6 Å². The standard InChI is InChI=1S/C10H10BrClO/c1-2-6-5-7-8(11)3-4-9(12)10(7)13-6/h3-4,6H,2,5H2,1H3. The maximum Gasteiger partial charge on any atom is 0.142 e. The third-order valence-electron chi connectivity index (χ3n) is 2.33. The molecule has 0 saturated carbocycles. The molecular weight excluding hydrogens is 251 g/mol. The molecule has 0 radical (unpaired) electrons. The van der Waals surface area contributed by atoms with Crippen LogP contribution in [0.3, 0.4) is 0 Å². The molecule has 1 unspecified atom stereocenters. The molecule has 0 amide bonds. The Kier molecular flexibility index (Phi) is 2.52. The van der Waals surface area contributed by atoms with Crippen molar-refractivity contribution in [2.45, 2.75) is 25.9 Å². The van der Waals surface area contributed by atoms with E-state index in [4.69, 9.17) is 16.3 Å². The fourth-order valence-electron chi connectivity index (χ4n) is 1.56. The van der Waals surface area contributed by atoms with Crippen LogP contribution in [0.2, 0.25) is 5.02 Å². The fraction of sp³-hybridized carbons (Fsp3) is 0.400. The van der Waals surface area contributed by atoms with Crippen LogP contribution in [-0.4, -0.2) is 6.10 Å². The van der Waals surface area contributed by atoms with Gasteiger partial charge in [0.25, 0.3) is 0 Å². The van der Waals surface area contributed by atoms with Gasteiger partial charge in [-0.25, -0.2) is 0 Å². The largest absolute Gasteiger partial charge is 0.488 e. The van der Waals surface area contributed by atoms with Crippen molar-refractivity contribution in [1.29, 1.82) is 0 Å². The molecule has 0 fully saturated rings. The third-order valence-corrected chi connectivity index (χ3v) is 3.37. The molecule has 0 aromatic heterocycles. The molecule has 1 aliphatic heterocycles. The van der Waals surface area contributed by atoms with Crippen LogP contribution in [0.1, 0.15) is 18.9 Å². The summed E-state index contributed by atoms with van der Waals surface area (Å²) < 4.78 is 6.81. The highest BCUT2D eigenvalue weighted by Gasteiger charge is 2.25. The normalized spacial score (nSPS) is 19.8. The van der Waals surface area contributed by atoms with Gasteiger partial charge in [-0.15, -0.1) is 0 Å². The summed E-state index contributed by atoms with van der Waals surface area (Å²) in [6, 6.07) is 3.84. The summed E-state index contributed by atoms with van der Waals surface area (Å²) in [7, 11) is 0. The van der Waals surface area contributed by atoms with E-state index in [1.54, 1.807) is 0 Å². The van der Waals surface area contributed by atoms with Crippen LogP contribution in [0.25, 0.3) is 0 Å². The lowest BCUT2D eigenvalue weighted by atomic mass is 10.1. The molecule has 0 bridgehead atoms. The van der Waals surface area contributed by atoms with Crippen molar-refractivity contribution in [1.82, 2.24) is 0 Å². The van der Waals surface area contributed by atoms with Crippen molar-refractivity contribution in [3.63, 3.8) is 0 Å². The highest BCUT2D eigenvalue weighted by molar-refractivity contribution is 9.10. The highest BCUT2D eigenvalue weighted by Crippen LogP contribution is 2.40. The summed E-state index contributed by atoms with van der Waals surface area (Å²) in [5.74, 6) is 0.864. The predicted molar refractivity (Wildman–Crippen MR) is 57.6 cm³/mol. The second-order valence-corrected chi connectivity index (χ2v) is 4.45. The first-order valence-electron chi connectivity index (χ1n) is 4.36. The van der Waals surface area contributed by atoms with E-state index in [1.165, 1.54) is 5.56 Å². The molecule has 0 aliphatic carbocycles. The zero-order valence-electron chi connectivity index (χ0n) is 7.31. The number of halogens is 2. The third kappa shape index (κ3) is 1.57. The van der Waals surface area contributed by atoms with E-state index in [2.05, 4.69) is 22.9 Å². The Morgan fingerprint density at radius 1 is 1.62 bits per heavy atom. The van der Waals surface area contributed by atoms with Crippen molar-refractivity contribution in [2.75, 3.05) is 0 Å². The molecule has 0 N–H and O–H groups in total. The molecule has 1 nitrogen and oxygen atoms in total. The lowest BCUT2D eigenvalue weighted by Crippen LogP contribution is -2.10. The summed E-state index contributed by atoms with van der Waals surface area (Å²) in [5, 5.41) is 0.717. The predicted octanol–water partition coefficient (Wildman–Crippen LogP) is 3.82. The molecule has 1 aliphatic rings. The Hall–Kier alpha value is -0.210. The average molecular weight is 262 g/mol. The number of rotatable bonds is 1. The van der Waals surface area contributed by atoms with Gasteiger partial charge in [-0.1, -0.05) is 34.5 Å². The monoisotopic (exact) mass is 260 g/mol. The van der Waals surface area contributed by atoms with Crippen molar-refractivity contribution in [3.8, 4) is 5.75 Å². The Bertz CT molecular complexity index is 307. The van der Waals surface area contributed by atoms with Gasteiger partial charge in [0.05, 0.1) is 5.02 Å². The summed E-state index contributed by atoms with van der Waals surface area (Å²) in [4.78, 5) is 0. The van der Waals surface area contributed by atoms with E-state index in [9.17, 15) is 0 Å². The molecule has 1 aromatic carbocycles. The first-order valence-corrected chi connectivity index (χ1v) is 5.53. The molecule has 13 heavy (non-hydrogen) atoms. The van der Waals surface area contributed by atoms with E-state index in [1.807, 2.05) is 12.1 Å². The van der Waals surface area contributed by atoms with Crippen molar-refractivity contribution >= 4 is 27.5 Å². The molecule has 3 heteroatoms. The second-order valence-electron chi connectivity index (χ2n) is 3.19. The summed E-state index contributed by atoms with van der Waals surface area (Å²) in [5.41, 5.74) is 1.21. The lowest BCUT2D eigenvalue weighted by Gasteiger charge is -2.06. The van der Waals surface area contributed by atoms with Gasteiger partial charge in [-0.05, 0) is 18.6 Å². The van der Waals surface area contributed by atoms with Crippen LogP contribution in [0.5, 0.6) is 5.75 Å².